The van der Waals surface area contributed by atoms with Crippen LogP contribution >= 0.6 is 0 Å². The van der Waals surface area contributed by atoms with Crippen molar-refractivity contribution < 1.29 is 9.53 Å². The average Bonchev–Trinajstić information content (AvgIpc) is 2.46. The van der Waals surface area contributed by atoms with Gasteiger partial charge in [-0.25, -0.2) is 4.79 Å². The highest BCUT2D eigenvalue weighted by Gasteiger charge is 2.18. The van der Waals surface area contributed by atoms with Crippen LogP contribution in [0.25, 0.3) is 0 Å². The van der Waals surface area contributed by atoms with Gasteiger partial charge in [-0.05, 0) is 5.92 Å². The van der Waals surface area contributed by atoms with Crippen LogP contribution in [0.3, 0.4) is 0 Å². The van der Waals surface area contributed by atoms with Gasteiger partial charge in [-0.1, -0.05) is 13.8 Å². The second-order valence-corrected chi connectivity index (χ2v) is 3.25. The van der Waals surface area contributed by atoms with Crippen molar-refractivity contribution in [2.45, 2.75) is 19.8 Å². The van der Waals surface area contributed by atoms with Crippen molar-refractivity contribution in [3.63, 3.8) is 0 Å². The molecule has 0 aliphatic rings. The zero-order valence-corrected chi connectivity index (χ0v) is 8.37. The third-order valence-corrected chi connectivity index (χ3v) is 1.86. The van der Waals surface area contributed by atoms with Crippen molar-refractivity contribution in [2.75, 3.05) is 7.11 Å². The van der Waals surface area contributed by atoms with Crippen LogP contribution in [0.2, 0.25) is 0 Å². The maximum atomic E-state index is 11.3. The molecule has 1 aromatic rings. The molecule has 0 atom stereocenters. The Balaban J connectivity index is 3.11. The van der Waals surface area contributed by atoms with Crippen LogP contribution in [-0.2, 0) is 11.8 Å². The molecular formula is C9H14N2O2. The largest absolute Gasteiger partial charge is 0.464 e. The van der Waals surface area contributed by atoms with Gasteiger partial charge >= 0.3 is 5.97 Å². The lowest BCUT2D eigenvalue weighted by Crippen LogP contribution is -2.06. The predicted molar refractivity (Wildman–Crippen MR) is 48.6 cm³/mol. The Morgan fingerprint density at radius 3 is 2.69 bits per heavy atom. The minimum atomic E-state index is -0.371. The van der Waals surface area contributed by atoms with Crippen molar-refractivity contribution in [1.82, 2.24) is 9.78 Å². The number of nitrogens with zero attached hydrogens (tertiary/aromatic N) is 2. The van der Waals surface area contributed by atoms with E-state index in [1.165, 1.54) is 7.11 Å². The van der Waals surface area contributed by atoms with E-state index in [1.54, 1.807) is 11.7 Å². The molecule has 0 spiro atoms. The number of aryl methyl sites for hydroxylation is 1. The Kier molecular flexibility index (Phi) is 2.70. The molecule has 0 aromatic carbocycles. The van der Waals surface area contributed by atoms with Crippen LogP contribution in [0.4, 0.5) is 0 Å². The summed E-state index contributed by atoms with van der Waals surface area (Å²) < 4.78 is 6.25. The van der Waals surface area contributed by atoms with E-state index in [2.05, 4.69) is 9.84 Å². The molecule has 13 heavy (non-hydrogen) atoms. The van der Waals surface area contributed by atoms with E-state index < -0.39 is 0 Å². The molecule has 0 unspecified atom stereocenters. The summed E-state index contributed by atoms with van der Waals surface area (Å²) in [6, 6.07) is 0. The molecule has 0 saturated heterocycles. The highest BCUT2D eigenvalue weighted by Crippen LogP contribution is 2.18. The molecule has 4 nitrogen and oxygen atoms in total. The van der Waals surface area contributed by atoms with Gasteiger partial charge in [-0.3, -0.25) is 4.68 Å². The molecule has 0 saturated carbocycles. The van der Waals surface area contributed by atoms with E-state index in [1.807, 2.05) is 20.0 Å². The summed E-state index contributed by atoms with van der Waals surface area (Å²) in [5.74, 6) is -0.0906. The molecule has 0 bridgehead atoms. The smallest absolute Gasteiger partial charge is 0.358 e. The number of hydrogen-bond acceptors (Lipinski definition) is 3. The summed E-state index contributed by atoms with van der Waals surface area (Å²) in [7, 11) is 3.15. The van der Waals surface area contributed by atoms with E-state index in [4.69, 9.17) is 0 Å². The Morgan fingerprint density at radius 1 is 1.62 bits per heavy atom. The van der Waals surface area contributed by atoms with Crippen molar-refractivity contribution >= 4 is 5.97 Å². The van der Waals surface area contributed by atoms with E-state index in [-0.39, 0.29) is 11.9 Å². The third-order valence-electron chi connectivity index (χ3n) is 1.86. The Labute approximate surface area is 77.5 Å². The molecule has 1 aromatic heterocycles. The molecule has 0 N–H and O–H groups in total. The average molecular weight is 182 g/mol. The van der Waals surface area contributed by atoms with Crippen LogP contribution in [0.15, 0.2) is 6.20 Å². The fourth-order valence-electron chi connectivity index (χ4n) is 1.18. The topological polar surface area (TPSA) is 44.1 Å². The van der Waals surface area contributed by atoms with Crippen molar-refractivity contribution in [3.05, 3.63) is 17.5 Å². The van der Waals surface area contributed by atoms with Gasteiger partial charge in [0.15, 0.2) is 5.69 Å². The second-order valence-electron chi connectivity index (χ2n) is 3.25. The highest BCUT2D eigenvalue weighted by molar-refractivity contribution is 5.88. The molecule has 1 heterocycles. The van der Waals surface area contributed by atoms with E-state index in [9.17, 15) is 4.79 Å². The van der Waals surface area contributed by atoms with Crippen molar-refractivity contribution in [3.8, 4) is 0 Å². The summed E-state index contributed by atoms with van der Waals surface area (Å²) in [5, 5.41) is 4.04. The van der Waals surface area contributed by atoms with Crippen molar-refractivity contribution in [1.29, 1.82) is 0 Å². The van der Waals surface area contributed by atoms with Crippen LogP contribution in [0.5, 0.6) is 0 Å². The number of esters is 1. The number of methoxy groups -OCH3 is 1. The monoisotopic (exact) mass is 182 g/mol. The fraction of sp³-hybridized carbons (Fsp3) is 0.556. The summed E-state index contributed by atoms with van der Waals surface area (Å²) in [6.45, 7) is 4.03. The first kappa shape index (κ1) is 9.77. The standard InChI is InChI=1S/C9H14N2O2/c1-6(2)7-5-11(3)10-8(7)9(12)13-4/h5-6H,1-4H3. The van der Waals surface area contributed by atoms with Gasteiger partial charge in [0.05, 0.1) is 7.11 Å². The molecule has 0 fully saturated rings. The Bertz CT molecular complexity index is 315. The summed E-state index contributed by atoms with van der Waals surface area (Å²) in [4.78, 5) is 11.3. The summed E-state index contributed by atoms with van der Waals surface area (Å²) >= 11 is 0. The summed E-state index contributed by atoms with van der Waals surface area (Å²) in [5.41, 5.74) is 1.34. The van der Waals surface area contributed by atoms with Crippen LogP contribution in [-0.4, -0.2) is 22.9 Å². The molecule has 0 aliphatic heterocycles. The zero-order valence-electron chi connectivity index (χ0n) is 8.37. The van der Waals surface area contributed by atoms with Gasteiger partial charge in [-0.2, -0.15) is 5.10 Å². The molecule has 4 heteroatoms. The van der Waals surface area contributed by atoms with Gasteiger partial charge in [0.1, 0.15) is 0 Å². The lowest BCUT2D eigenvalue weighted by molar-refractivity contribution is 0.0591. The first-order chi connectivity index (χ1) is 6.06. The molecule has 1 rings (SSSR count). The van der Waals surface area contributed by atoms with Gasteiger partial charge in [0, 0.05) is 18.8 Å². The minimum absolute atomic E-state index is 0.280. The van der Waals surface area contributed by atoms with Gasteiger partial charge in [0.25, 0.3) is 0 Å². The summed E-state index contributed by atoms with van der Waals surface area (Å²) in [6.07, 6.45) is 1.84. The van der Waals surface area contributed by atoms with Crippen LogP contribution in [0.1, 0.15) is 35.8 Å². The first-order valence-corrected chi connectivity index (χ1v) is 4.18. The maximum absolute atomic E-state index is 11.3. The Hall–Kier alpha value is -1.32. The van der Waals surface area contributed by atoms with Crippen molar-refractivity contribution in [2.24, 2.45) is 7.05 Å². The zero-order chi connectivity index (χ0) is 10.0. The number of aromatic nitrogens is 2. The SMILES string of the molecule is COC(=O)c1nn(C)cc1C(C)C. The lowest BCUT2D eigenvalue weighted by Gasteiger charge is -2.02. The molecule has 0 aliphatic carbocycles. The predicted octanol–water partition coefficient (Wildman–Crippen LogP) is 1.33. The van der Waals surface area contributed by atoms with E-state index >= 15 is 0 Å². The van der Waals surface area contributed by atoms with Gasteiger partial charge < -0.3 is 4.74 Å². The molecular weight excluding hydrogens is 168 g/mol. The molecule has 72 valence electrons. The lowest BCUT2D eigenvalue weighted by atomic mass is 10.0. The normalized spacial score (nSPS) is 10.5. The minimum Gasteiger partial charge on any atom is -0.464 e. The fourth-order valence-corrected chi connectivity index (χ4v) is 1.18. The van der Waals surface area contributed by atoms with E-state index in [0.29, 0.717) is 5.69 Å². The van der Waals surface area contributed by atoms with Crippen LogP contribution < -0.4 is 0 Å². The third kappa shape index (κ3) is 1.88. The number of carbonyl (C=O) groups is 1. The Morgan fingerprint density at radius 2 is 2.23 bits per heavy atom. The first-order valence-electron chi connectivity index (χ1n) is 4.18. The molecule has 0 amide bonds. The maximum Gasteiger partial charge on any atom is 0.358 e. The van der Waals surface area contributed by atoms with Crippen LogP contribution in [0, 0.1) is 0 Å². The number of ether oxygens (including phenoxy) is 1. The molecule has 0 radical (unpaired) electrons. The second kappa shape index (κ2) is 3.60. The quantitative estimate of drug-likeness (QED) is 0.648. The van der Waals surface area contributed by atoms with Gasteiger partial charge in [-0.15, -0.1) is 0 Å². The number of carbonyl (C=O) groups excluding carboxylic acids is 1. The van der Waals surface area contributed by atoms with Gasteiger partial charge in [0.2, 0.25) is 0 Å². The van der Waals surface area contributed by atoms with E-state index in [0.717, 1.165) is 5.56 Å². The number of rotatable bonds is 2. The number of hydrogen-bond donors (Lipinski definition) is 0. The highest BCUT2D eigenvalue weighted by atomic mass is 16.5.